The molecule has 0 spiro atoms. The van der Waals surface area contributed by atoms with E-state index >= 15 is 0 Å². The molecule has 0 saturated carbocycles. The summed E-state index contributed by atoms with van der Waals surface area (Å²) in [5.74, 6) is 0.895. The minimum atomic E-state index is -0.180. The van der Waals surface area contributed by atoms with Crippen molar-refractivity contribution in [1.82, 2.24) is 10.6 Å². The third kappa shape index (κ3) is 6.32. The molecule has 2 rings (SSSR count). The first-order chi connectivity index (χ1) is 10.7. The first-order valence-electron chi connectivity index (χ1n) is 6.91. The number of carbonyl (C=O) groups excluding carboxylic acids is 2. The molecule has 0 radical (unpaired) electrons. The molecule has 0 unspecified atom stereocenters. The Morgan fingerprint density at radius 3 is 2.55 bits per heavy atom. The minimum absolute atomic E-state index is 0.0191. The summed E-state index contributed by atoms with van der Waals surface area (Å²) in [5, 5.41) is 7.43. The van der Waals surface area contributed by atoms with Crippen molar-refractivity contribution in [3.8, 4) is 0 Å². The third-order valence-electron chi connectivity index (χ3n) is 2.84. The lowest BCUT2D eigenvalue weighted by Gasteiger charge is -2.07. The smallest absolute Gasteiger partial charge is 0.239 e. The zero-order valence-corrected chi connectivity index (χ0v) is 13.7. The Bertz CT molecular complexity index is 585. The van der Waals surface area contributed by atoms with Gasteiger partial charge in [0.15, 0.2) is 0 Å². The number of carbonyl (C=O) groups is 2. The summed E-state index contributed by atoms with van der Waals surface area (Å²) < 4.78 is 0. The van der Waals surface area contributed by atoms with Gasteiger partial charge in [0.2, 0.25) is 11.8 Å². The van der Waals surface area contributed by atoms with Crippen LogP contribution in [0.15, 0.2) is 47.8 Å². The fourth-order valence-electron chi connectivity index (χ4n) is 1.73. The summed E-state index contributed by atoms with van der Waals surface area (Å²) in [4.78, 5) is 24.5. The van der Waals surface area contributed by atoms with Crippen LogP contribution in [0.4, 0.5) is 0 Å². The first kappa shape index (κ1) is 16.6. The molecule has 0 fully saturated rings. The average Bonchev–Trinajstić information content (AvgIpc) is 3.05. The van der Waals surface area contributed by atoms with Gasteiger partial charge in [-0.3, -0.25) is 9.59 Å². The molecule has 0 saturated heterocycles. The number of hydrogen-bond donors (Lipinski definition) is 2. The highest BCUT2D eigenvalue weighted by molar-refractivity contribution is 7.99. The normalized spacial score (nSPS) is 10.2. The Kier molecular flexibility index (Phi) is 6.99. The van der Waals surface area contributed by atoms with E-state index in [2.05, 4.69) is 10.6 Å². The van der Waals surface area contributed by atoms with E-state index in [0.29, 0.717) is 12.3 Å². The maximum Gasteiger partial charge on any atom is 0.239 e. The monoisotopic (exact) mass is 334 g/mol. The molecule has 0 aliphatic carbocycles. The van der Waals surface area contributed by atoms with E-state index in [1.807, 2.05) is 47.8 Å². The second-order valence-corrected chi connectivity index (χ2v) is 6.63. The molecule has 0 aliphatic rings. The first-order valence-corrected chi connectivity index (χ1v) is 8.95. The average molecular weight is 334 g/mol. The van der Waals surface area contributed by atoms with Gasteiger partial charge in [0.25, 0.3) is 0 Å². The van der Waals surface area contributed by atoms with Gasteiger partial charge >= 0.3 is 0 Å². The summed E-state index contributed by atoms with van der Waals surface area (Å²) in [6, 6.07) is 13.7. The summed E-state index contributed by atoms with van der Waals surface area (Å²) >= 11 is 3.23. The van der Waals surface area contributed by atoms with Crippen molar-refractivity contribution in [2.24, 2.45) is 0 Å². The fourth-order valence-corrected chi connectivity index (χ4v) is 3.43. The van der Waals surface area contributed by atoms with E-state index in [-0.39, 0.29) is 18.4 Å². The highest BCUT2D eigenvalue weighted by Crippen LogP contribution is 2.16. The van der Waals surface area contributed by atoms with Gasteiger partial charge in [-0.15, -0.1) is 23.1 Å². The van der Waals surface area contributed by atoms with Crippen molar-refractivity contribution in [2.75, 3.05) is 12.3 Å². The second kappa shape index (κ2) is 9.27. The lowest BCUT2D eigenvalue weighted by atomic mass is 10.2. The third-order valence-corrected chi connectivity index (χ3v) is 4.88. The van der Waals surface area contributed by atoms with E-state index in [4.69, 9.17) is 0 Å². The SMILES string of the molecule is O=C(CNC(=O)CSCc1cccs1)NCc1ccccc1. The zero-order valence-electron chi connectivity index (χ0n) is 12.1. The van der Waals surface area contributed by atoms with Crippen molar-refractivity contribution in [3.63, 3.8) is 0 Å². The van der Waals surface area contributed by atoms with E-state index in [1.54, 1.807) is 23.1 Å². The second-order valence-electron chi connectivity index (χ2n) is 4.61. The standard InChI is InChI=1S/C16H18N2O2S2/c19-15(17-9-13-5-2-1-3-6-13)10-18-16(20)12-21-11-14-7-4-8-22-14/h1-8H,9-12H2,(H,17,19)(H,18,20). The molecular weight excluding hydrogens is 316 g/mol. The van der Waals surface area contributed by atoms with Gasteiger partial charge < -0.3 is 10.6 Å². The fraction of sp³-hybridized carbons (Fsp3) is 0.250. The molecule has 0 bridgehead atoms. The Morgan fingerprint density at radius 1 is 1.00 bits per heavy atom. The van der Waals surface area contributed by atoms with Gasteiger partial charge in [0.1, 0.15) is 0 Å². The molecule has 0 aliphatic heterocycles. The summed E-state index contributed by atoms with van der Waals surface area (Å²) in [6.07, 6.45) is 0. The molecule has 1 aromatic carbocycles. The summed E-state index contributed by atoms with van der Waals surface area (Å²) in [6.45, 7) is 0.494. The van der Waals surface area contributed by atoms with E-state index in [1.165, 1.54) is 4.88 Å². The molecule has 6 heteroatoms. The highest BCUT2D eigenvalue weighted by atomic mass is 32.2. The minimum Gasteiger partial charge on any atom is -0.350 e. The maximum atomic E-state index is 11.7. The van der Waals surface area contributed by atoms with Crippen LogP contribution in [0.2, 0.25) is 0 Å². The van der Waals surface area contributed by atoms with E-state index in [0.717, 1.165) is 11.3 Å². The molecule has 4 nitrogen and oxygen atoms in total. The van der Waals surface area contributed by atoms with Crippen molar-refractivity contribution >= 4 is 34.9 Å². The molecule has 2 N–H and O–H groups in total. The lowest BCUT2D eigenvalue weighted by molar-refractivity contribution is -0.124. The van der Waals surface area contributed by atoms with Crippen molar-refractivity contribution in [2.45, 2.75) is 12.3 Å². The number of hydrogen-bond acceptors (Lipinski definition) is 4. The van der Waals surface area contributed by atoms with Gasteiger partial charge in [-0.05, 0) is 17.0 Å². The van der Waals surface area contributed by atoms with Crippen LogP contribution in [0.25, 0.3) is 0 Å². The summed E-state index contributed by atoms with van der Waals surface area (Å²) in [7, 11) is 0. The number of thioether (sulfide) groups is 1. The summed E-state index contributed by atoms with van der Waals surface area (Å²) in [5.41, 5.74) is 1.04. The van der Waals surface area contributed by atoms with E-state index in [9.17, 15) is 9.59 Å². The topological polar surface area (TPSA) is 58.2 Å². The van der Waals surface area contributed by atoms with Gasteiger partial charge in [0.05, 0.1) is 12.3 Å². The predicted molar refractivity (Wildman–Crippen MR) is 91.8 cm³/mol. The Balaban J connectivity index is 1.56. The molecule has 1 heterocycles. The van der Waals surface area contributed by atoms with Crippen LogP contribution in [0, 0.1) is 0 Å². The maximum absolute atomic E-state index is 11.7. The largest absolute Gasteiger partial charge is 0.350 e. The number of rotatable bonds is 8. The number of nitrogens with one attached hydrogen (secondary N) is 2. The molecule has 0 atom stereocenters. The number of amides is 2. The van der Waals surface area contributed by atoms with Gasteiger partial charge in [0, 0.05) is 17.2 Å². The van der Waals surface area contributed by atoms with Crippen LogP contribution in [0.3, 0.4) is 0 Å². The Hall–Kier alpha value is -1.79. The van der Waals surface area contributed by atoms with Crippen molar-refractivity contribution in [1.29, 1.82) is 0 Å². The Morgan fingerprint density at radius 2 is 1.82 bits per heavy atom. The molecule has 1 aromatic heterocycles. The predicted octanol–water partition coefficient (Wildman–Crippen LogP) is 2.41. The highest BCUT2D eigenvalue weighted by Gasteiger charge is 2.06. The molecular formula is C16H18N2O2S2. The number of benzene rings is 1. The zero-order chi connectivity index (χ0) is 15.6. The van der Waals surface area contributed by atoms with Crippen LogP contribution >= 0.6 is 23.1 Å². The van der Waals surface area contributed by atoms with Gasteiger partial charge in [-0.1, -0.05) is 36.4 Å². The van der Waals surface area contributed by atoms with Crippen LogP contribution in [-0.4, -0.2) is 24.1 Å². The molecule has 2 aromatic rings. The van der Waals surface area contributed by atoms with Crippen molar-refractivity contribution in [3.05, 3.63) is 58.3 Å². The van der Waals surface area contributed by atoms with Crippen molar-refractivity contribution < 1.29 is 9.59 Å². The van der Waals surface area contributed by atoms with Crippen LogP contribution < -0.4 is 10.6 Å². The van der Waals surface area contributed by atoms with Crippen LogP contribution in [-0.2, 0) is 21.9 Å². The molecule has 22 heavy (non-hydrogen) atoms. The molecule has 116 valence electrons. The molecule has 2 amide bonds. The number of thiophene rings is 1. The van der Waals surface area contributed by atoms with Crippen LogP contribution in [0.1, 0.15) is 10.4 Å². The van der Waals surface area contributed by atoms with Gasteiger partial charge in [-0.25, -0.2) is 0 Å². The quantitative estimate of drug-likeness (QED) is 0.779. The van der Waals surface area contributed by atoms with Gasteiger partial charge in [-0.2, -0.15) is 0 Å². The Labute approximate surface area is 138 Å². The van der Waals surface area contributed by atoms with Crippen LogP contribution in [0.5, 0.6) is 0 Å². The van der Waals surface area contributed by atoms with E-state index < -0.39 is 0 Å². The lowest BCUT2D eigenvalue weighted by Crippen LogP contribution is -2.37.